The Kier molecular flexibility index (Phi) is 10.2. The maximum Gasteiger partial charge on any atom is 0.330 e. The van der Waals surface area contributed by atoms with Gasteiger partial charge in [0.05, 0.1) is 12.2 Å². The molecule has 0 rings (SSSR count). The molecule has 0 N–H and O–H groups in total. The van der Waals surface area contributed by atoms with Crippen LogP contribution in [0, 0.1) is 0 Å². The minimum absolute atomic E-state index is 0.135. The van der Waals surface area contributed by atoms with Gasteiger partial charge < -0.3 is 13.6 Å². The Morgan fingerprint density at radius 2 is 1.16 bits per heavy atom. The summed E-state index contributed by atoms with van der Waals surface area (Å²) in [6.45, 7) is 19.4. The van der Waals surface area contributed by atoms with Gasteiger partial charge in [-0.1, -0.05) is 13.2 Å². The predicted molar refractivity (Wildman–Crippen MR) is 106 cm³/mol. The fourth-order valence-corrected chi connectivity index (χ4v) is 11.6. The smallest absolute Gasteiger partial charge is 0.330 e. The van der Waals surface area contributed by atoms with Crippen LogP contribution in [-0.2, 0) is 23.2 Å². The molecule has 0 aliphatic rings. The van der Waals surface area contributed by atoms with Gasteiger partial charge in [0, 0.05) is 12.2 Å². The Morgan fingerprint density at radius 3 is 1.44 bits per heavy atom. The Bertz CT molecular complexity index is 432. The van der Waals surface area contributed by atoms with E-state index in [2.05, 4.69) is 39.3 Å². The van der Waals surface area contributed by atoms with E-state index in [-0.39, 0.29) is 24.1 Å². The molecular formula is C18H34O5Si2. The first-order valence-electron chi connectivity index (χ1n) is 8.77. The third-order valence-corrected chi connectivity index (χ3v) is 11.2. The van der Waals surface area contributed by atoms with Gasteiger partial charge >= 0.3 is 11.9 Å². The lowest BCUT2D eigenvalue weighted by Crippen LogP contribution is -2.45. The Morgan fingerprint density at radius 1 is 0.840 bits per heavy atom. The van der Waals surface area contributed by atoms with Crippen molar-refractivity contribution in [2.75, 3.05) is 0 Å². The molecule has 0 radical (unpaired) electrons. The number of hydrogen-bond acceptors (Lipinski definition) is 5. The van der Waals surface area contributed by atoms with Gasteiger partial charge in [-0.3, -0.25) is 0 Å². The van der Waals surface area contributed by atoms with Gasteiger partial charge in [-0.2, -0.15) is 0 Å². The Labute approximate surface area is 154 Å². The van der Waals surface area contributed by atoms with E-state index in [1.165, 1.54) is 12.2 Å². The zero-order chi connectivity index (χ0) is 19.7. The van der Waals surface area contributed by atoms with Gasteiger partial charge in [-0.25, -0.2) is 9.59 Å². The average Bonchev–Trinajstić information content (AvgIpc) is 2.50. The fourth-order valence-electron chi connectivity index (χ4n) is 2.56. The van der Waals surface area contributed by atoms with Crippen LogP contribution in [0.25, 0.3) is 0 Å². The SMILES string of the molecule is C=CC(=O)OC(C)CC[Si](C)(C)O[Si](C)(C)CCC(C)OC(=O)C=C. The maximum absolute atomic E-state index is 11.2. The molecule has 2 atom stereocenters. The van der Waals surface area contributed by atoms with Gasteiger partial charge in [0.1, 0.15) is 0 Å². The molecule has 0 aromatic rings. The molecule has 0 spiro atoms. The molecule has 0 saturated carbocycles. The first kappa shape index (κ1) is 23.8. The number of hydrogen-bond donors (Lipinski definition) is 0. The molecule has 0 bridgehead atoms. The summed E-state index contributed by atoms with van der Waals surface area (Å²) in [5.41, 5.74) is 0. The highest BCUT2D eigenvalue weighted by Crippen LogP contribution is 2.25. The van der Waals surface area contributed by atoms with E-state index in [1.807, 2.05) is 13.8 Å². The largest absolute Gasteiger partial charge is 0.460 e. The van der Waals surface area contributed by atoms with E-state index in [0.29, 0.717) is 0 Å². The van der Waals surface area contributed by atoms with Crippen molar-refractivity contribution in [1.82, 2.24) is 0 Å². The summed E-state index contributed by atoms with van der Waals surface area (Å²) in [4.78, 5) is 22.5. The molecule has 0 aliphatic carbocycles. The molecule has 2 unspecified atom stereocenters. The number of ether oxygens (including phenoxy) is 2. The summed E-state index contributed by atoms with van der Waals surface area (Å²) in [6, 6.07) is 1.85. The summed E-state index contributed by atoms with van der Waals surface area (Å²) in [5, 5.41) is 0. The van der Waals surface area contributed by atoms with Crippen molar-refractivity contribution in [2.45, 2.75) is 77.2 Å². The average molecular weight is 387 g/mol. The van der Waals surface area contributed by atoms with E-state index >= 15 is 0 Å². The van der Waals surface area contributed by atoms with Crippen LogP contribution in [0.2, 0.25) is 38.3 Å². The van der Waals surface area contributed by atoms with Crippen molar-refractivity contribution in [3.05, 3.63) is 25.3 Å². The standard InChI is InChI=1S/C18H34O5Si2/c1-9-17(19)21-15(3)11-13-24(5,6)23-25(7,8)14-12-16(4)22-18(20)10-2/h9-10,15-16H,1-2,11-14H2,3-8H3. The van der Waals surface area contributed by atoms with Gasteiger partial charge in [0.25, 0.3) is 0 Å². The molecule has 0 aliphatic heterocycles. The van der Waals surface area contributed by atoms with Crippen LogP contribution >= 0.6 is 0 Å². The van der Waals surface area contributed by atoms with Crippen LogP contribution in [0.1, 0.15) is 26.7 Å². The minimum Gasteiger partial charge on any atom is -0.460 e. The Balaban J connectivity index is 4.39. The lowest BCUT2D eigenvalue weighted by Gasteiger charge is -2.35. The van der Waals surface area contributed by atoms with Crippen LogP contribution < -0.4 is 0 Å². The summed E-state index contributed by atoms with van der Waals surface area (Å²) in [6.07, 6.45) is 3.68. The molecular weight excluding hydrogens is 352 g/mol. The normalized spacial score (nSPS) is 14.3. The quantitative estimate of drug-likeness (QED) is 0.282. The molecule has 0 aromatic carbocycles. The van der Waals surface area contributed by atoms with Crippen LogP contribution in [-0.4, -0.2) is 40.8 Å². The first-order chi connectivity index (χ1) is 11.4. The van der Waals surface area contributed by atoms with Crippen LogP contribution in [0.5, 0.6) is 0 Å². The molecule has 0 fully saturated rings. The predicted octanol–water partition coefficient (Wildman–Crippen LogP) is 4.43. The van der Waals surface area contributed by atoms with Gasteiger partial charge in [0.2, 0.25) is 0 Å². The summed E-state index contributed by atoms with van der Waals surface area (Å²) in [5.74, 6) is -0.767. The molecule has 0 aromatic heterocycles. The zero-order valence-electron chi connectivity index (χ0n) is 16.6. The maximum atomic E-state index is 11.2. The highest BCUT2D eigenvalue weighted by atomic mass is 28.4. The van der Waals surface area contributed by atoms with E-state index in [9.17, 15) is 9.59 Å². The third kappa shape index (κ3) is 11.9. The second kappa shape index (κ2) is 10.7. The van der Waals surface area contributed by atoms with Crippen molar-refractivity contribution in [3.8, 4) is 0 Å². The van der Waals surface area contributed by atoms with E-state index in [0.717, 1.165) is 24.9 Å². The van der Waals surface area contributed by atoms with Gasteiger partial charge in [0.15, 0.2) is 16.6 Å². The summed E-state index contributed by atoms with van der Waals surface area (Å²) in [7, 11) is -3.71. The molecule has 7 heteroatoms. The molecule has 144 valence electrons. The summed E-state index contributed by atoms with van der Waals surface area (Å²) >= 11 is 0. The lowest BCUT2D eigenvalue weighted by molar-refractivity contribution is -0.143. The molecule has 0 saturated heterocycles. The first-order valence-corrected chi connectivity index (χ1v) is 15.0. The topological polar surface area (TPSA) is 61.8 Å². The highest BCUT2D eigenvalue weighted by molar-refractivity contribution is 6.84. The summed E-state index contributed by atoms with van der Waals surface area (Å²) < 4.78 is 17.0. The zero-order valence-corrected chi connectivity index (χ0v) is 18.6. The van der Waals surface area contributed by atoms with Crippen molar-refractivity contribution in [2.24, 2.45) is 0 Å². The number of esters is 2. The third-order valence-electron chi connectivity index (χ3n) is 3.83. The second-order valence-electron chi connectivity index (χ2n) is 7.60. The van der Waals surface area contributed by atoms with E-state index < -0.39 is 16.6 Å². The number of carbonyl (C=O) groups excluding carboxylic acids is 2. The molecule has 25 heavy (non-hydrogen) atoms. The van der Waals surface area contributed by atoms with Crippen LogP contribution in [0.15, 0.2) is 25.3 Å². The lowest BCUT2D eigenvalue weighted by atomic mass is 10.3. The van der Waals surface area contributed by atoms with E-state index in [1.54, 1.807) is 0 Å². The van der Waals surface area contributed by atoms with Crippen molar-refractivity contribution in [3.63, 3.8) is 0 Å². The fraction of sp³-hybridized carbons (Fsp3) is 0.667. The molecule has 5 nitrogen and oxygen atoms in total. The minimum atomic E-state index is -1.85. The van der Waals surface area contributed by atoms with Crippen molar-refractivity contribution < 1.29 is 23.2 Å². The van der Waals surface area contributed by atoms with Crippen molar-refractivity contribution >= 4 is 28.6 Å². The molecule has 0 heterocycles. The van der Waals surface area contributed by atoms with E-state index in [4.69, 9.17) is 13.6 Å². The number of rotatable bonds is 12. The second-order valence-corrected chi connectivity index (χ2v) is 16.5. The highest BCUT2D eigenvalue weighted by Gasteiger charge is 2.33. The Hall–Kier alpha value is -1.19. The number of carbonyl (C=O) groups is 2. The van der Waals surface area contributed by atoms with Gasteiger partial charge in [-0.15, -0.1) is 0 Å². The van der Waals surface area contributed by atoms with Crippen LogP contribution in [0.4, 0.5) is 0 Å². The van der Waals surface area contributed by atoms with Crippen molar-refractivity contribution in [1.29, 1.82) is 0 Å². The van der Waals surface area contributed by atoms with Crippen LogP contribution in [0.3, 0.4) is 0 Å². The monoisotopic (exact) mass is 386 g/mol. The van der Waals surface area contributed by atoms with Gasteiger partial charge in [-0.05, 0) is 65.0 Å². The molecule has 0 amide bonds.